The third kappa shape index (κ3) is 18.5. The van der Waals surface area contributed by atoms with Crippen molar-refractivity contribution >= 4 is 51.8 Å². The Kier molecular flexibility index (Phi) is 27.0. The number of aryl methyl sites for hydroxylation is 1. The number of nitrogens with one attached hydrogen (secondary N) is 2. The average Bonchev–Trinajstić information content (AvgIpc) is 0.927. The Morgan fingerprint density at radius 1 is 0.667 bits per heavy atom. The predicted octanol–water partition coefficient (Wildman–Crippen LogP) is 8.67. The van der Waals surface area contributed by atoms with Crippen molar-refractivity contribution in [3.63, 3.8) is 0 Å². The molecule has 0 radical (unpaired) electrons. The van der Waals surface area contributed by atoms with Crippen LogP contribution in [0.3, 0.4) is 0 Å². The monoisotopic (exact) mass is 1280 g/mol. The summed E-state index contributed by atoms with van der Waals surface area (Å²) in [5.74, 6) is -1.90. The number of anilines is 1. The molecule has 22 heteroatoms. The van der Waals surface area contributed by atoms with Gasteiger partial charge in [0.25, 0.3) is 5.91 Å². The van der Waals surface area contributed by atoms with Crippen molar-refractivity contribution in [2.75, 3.05) is 78.1 Å². The lowest BCUT2D eigenvalue weighted by Gasteiger charge is -2.51. The number of rotatable bonds is 41. The fourth-order valence-electron chi connectivity index (χ4n) is 13.6. The smallest absolute Gasteiger partial charge is 0.377 e. The molecule has 2 atom stereocenters. The fourth-order valence-corrected chi connectivity index (χ4v) is 13.6. The lowest BCUT2D eigenvalue weighted by molar-refractivity contribution is -0.134. The van der Waals surface area contributed by atoms with Gasteiger partial charge in [-0.05, 0) is 151 Å². The van der Waals surface area contributed by atoms with Gasteiger partial charge in [-0.25, -0.2) is 9.59 Å². The molecule has 2 bridgehead atoms. The van der Waals surface area contributed by atoms with Crippen molar-refractivity contribution < 1.29 is 42.7 Å². The van der Waals surface area contributed by atoms with Gasteiger partial charge >= 0.3 is 11.4 Å². The standard InChI is InChI=1S/C71H95N11O11/c1-80(68(88)63-46-52(78-79-75)47-82(63)67(87)50-23-27-58-62(44-50)81(2)70(90)93-69(58)89)35-37-92-39-38-91-36-34-76-64(85)29-30-71-59-42-48(40-53(83)18-12-6-3-9-15-31-72)21-25-55(59)66(56-26-22-49(43-60(56)71)41-54(84)19-13-7-4-10-16-32-73)57-28-24-51(45-61(57)71)77-65(86)20-14-8-5-11-17-33-74/h21-28,42-45,52,63,66H,3-20,29-41,46-47,72-74H2,1-2H3,(H,76,85)(H,77,86)/t52-,63-,66?,71?/m0/s1. The molecule has 500 valence electrons. The third-order valence-electron chi connectivity index (χ3n) is 18.5. The normalized spacial score (nSPS) is 16.7. The number of likely N-dealkylation sites (N-methyl/N-ethyl adjacent to an activating group) is 1. The number of Topliss-reactive ketones (excluding diaryl/α,β-unsaturated/α-hetero) is 2. The summed E-state index contributed by atoms with van der Waals surface area (Å²) in [6.07, 6.45) is 16.9. The summed E-state index contributed by atoms with van der Waals surface area (Å²) in [5, 5.41) is 10.2. The van der Waals surface area contributed by atoms with E-state index in [1.54, 1.807) is 7.05 Å². The largest absolute Gasteiger partial charge is 0.422 e. The molecule has 4 amide bonds. The molecule has 9 rings (SSSR count). The van der Waals surface area contributed by atoms with Crippen LogP contribution in [0.1, 0.15) is 196 Å². The number of amides is 4. The van der Waals surface area contributed by atoms with Crippen LogP contribution in [0.25, 0.3) is 21.3 Å². The fraction of sp³-hybridized carbons (Fsp3) is 0.549. The minimum atomic E-state index is -0.959. The van der Waals surface area contributed by atoms with E-state index < -0.39 is 34.8 Å². The highest BCUT2D eigenvalue weighted by Gasteiger charge is 2.52. The first-order chi connectivity index (χ1) is 45.1. The molecule has 0 spiro atoms. The molecule has 93 heavy (non-hydrogen) atoms. The predicted molar refractivity (Wildman–Crippen MR) is 358 cm³/mol. The highest BCUT2D eigenvalue weighted by atomic mass is 16.5. The summed E-state index contributed by atoms with van der Waals surface area (Å²) in [4.78, 5) is 113. The molecule has 1 aliphatic heterocycles. The molecule has 4 aliphatic rings. The molecule has 1 saturated heterocycles. The molecule has 2 heterocycles. The van der Waals surface area contributed by atoms with Crippen LogP contribution >= 0.6 is 0 Å². The van der Waals surface area contributed by atoms with Crippen LogP contribution in [-0.4, -0.2) is 134 Å². The second-order valence-electron chi connectivity index (χ2n) is 25.2. The van der Waals surface area contributed by atoms with E-state index in [-0.39, 0.29) is 123 Å². The number of likely N-dealkylation sites (tertiary alicyclic amines) is 1. The van der Waals surface area contributed by atoms with Gasteiger partial charge in [-0.3, -0.25) is 33.3 Å². The molecule has 1 aromatic heterocycles. The van der Waals surface area contributed by atoms with Gasteiger partial charge in [0.05, 0.1) is 43.4 Å². The zero-order valence-electron chi connectivity index (χ0n) is 54.4. The van der Waals surface area contributed by atoms with E-state index in [4.69, 9.17) is 31.1 Å². The Labute approximate surface area is 544 Å². The molecular formula is C71H95N11O11. The first-order valence-corrected chi connectivity index (χ1v) is 33.6. The zero-order chi connectivity index (χ0) is 66.3. The van der Waals surface area contributed by atoms with E-state index in [0.717, 1.165) is 145 Å². The molecule has 8 N–H and O–H groups in total. The Morgan fingerprint density at radius 2 is 1.22 bits per heavy atom. The number of ether oxygens (including phenoxy) is 2. The summed E-state index contributed by atoms with van der Waals surface area (Å²) in [6.45, 7) is 3.10. The van der Waals surface area contributed by atoms with Gasteiger partial charge in [0, 0.05) is 99.7 Å². The van der Waals surface area contributed by atoms with Gasteiger partial charge < -0.3 is 51.5 Å². The SMILES string of the molecule is CN(CCOCCOCCNC(=O)CCC12c3cc(CC(=O)CCCCCCCN)ccc3C(c3ccc(CC(=O)CCCCCCCN)cc31)c1ccc(NC(=O)CCCCCCCN)cc12)C(=O)[C@@H]1C[C@H](N=[N+]=[N-])CN1C(=O)c1ccc2c(=O)oc(=O)n(C)c2c1. The van der Waals surface area contributed by atoms with Gasteiger partial charge in [0.2, 0.25) is 17.7 Å². The first kappa shape index (κ1) is 71.0. The van der Waals surface area contributed by atoms with Crippen LogP contribution < -0.4 is 39.2 Å². The van der Waals surface area contributed by atoms with Crippen LogP contribution in [0.2, 0.25) is 0 Å². The average molecular weight is 1280 g/mol. The molecule has 1 fully saturated rings. The Hall–Kier alpha value is -7.85. The van der Waals surface area contributed by atoms with Crippen molar-refractivity contribution in [3.05, 3.63) is 154 Å². The number of nitrogens with zero attached hydrogens (tertiary/aromatic N) is 6. The van der Waals surface area contributed by atoms with Crippen LogP contribution in [0, 0.1) is 0 Å². The van der Waals surface area contributed by atoms with E-state index in [9.17, 15) is 43.9 Å². The number of fused-ring (bicyclic) bond motifs is 1. The number of carbonyl (C=O) groups is 6. The molecule has 0 unspecified atom stereocenters. The quantitative estimate of drug-likeness (QED) is 0.0106. The lowest BCUT2D eigenvalue weighted by Crippen LogP contribution is -2.47. The van der Waals surface area contributed by atoms with Crippen LogP contribution in [-0.2, 0) is 58.8 Å². The maximum absolute atomic E-state index is 14.3. The van der Waals surface area contributed by atoms with E-state index in [1.807, 2.05) is 6.07 Å². The van der Waals surface area contributed by atoms with Gasteiger partial charge in [-0.2, -0.15) is 0 Å². The van der Waals surface area contributed by atoms with Gasteiger partial charge in [-0.15, -0.1) is 0 Å². The second-order valence-corrected chi connectivity index (χ2v) is 25.2. The van der Waals surface area contributed by atoms with E-state index in [1.165, 1.54) is 35.0 Å². The van der Waals surface area contributed by atoms with Crippen LogP contribution in [0.5, 0.6) is 0 Å². The number of unbranched alkanes of at least 4 members (excludes halogenated alkanes) is 12. The van der Waals surface area contributed by atoms with E-state index >= 15 is 0 Å². The Morgan fingerprint density at radius 3 is 1.81 bits per heavy atom. The maximum Gasteiger partial charge on any atom is 0.422 e. The summed E-state index contributed by atoms with van der Waals surface area (Å²) >= 11 is 0. The first-order valence-electron chi connectivity index (χ1n) is 33.6. The highest BCUT2D eigenvalue weighted by Crippen LogP contribution is 2.61. The molecule has 0 saturated carbocycles. The van der Waals surface area contributed by atoms with Gasteiger partial charge in [0.1, 0.15) is 17.6 Å². The van der Waals surface area contributed by atoms with Gasteiger partial charge in [-0.1, -0.05) is 105 Å². The second kappa shape index (κ2) is 35.4. The molecule has 4 aromatic carbocycles. The van der Waals surface area contributed by atoms with Crippen molar-refractivity contribution in [1.29, 1.82) is 0 Å². The zero-order valence-corrected chi connectivity index (χ0v) is 54.4. The Bertz CT molecular complexity index is 3400. The lowest BCUT2D eigenvalue weighted by atomic mass is 9.51. The molecule has 3 aliphatic carbocycles. The minimum Gasteiger partial charge on any atom is -0.377 e. The third-order valence-corrected chi connectivity index (χ3v) is 18.5. The molecule has 5 aromatic rings. The number of nitrogens with two attached hydrogens (primary N) is 3. The summed E-state index contributed by atoms with van der Waals surface area (Å²) < 4.78 is 17.6. The molecular weight excluding hydrogens is 1180 g/mol. The summed E-state index contributed by atoms with van der Waals surface area (Å²) in [6, 6.07) is 21.6. The topological polar surface area (TPSA) is 330 Å². The van der Waals surface area contributed by atoms with Crippen molar-refractivity contribution in [3.8, 4) is 0 Å². The number of benzene rings is 4. The van der Waals surface area contributed by atoms with Gasteiger partial charge in [0.15, 0.2) is 0 Å². The number of carbonyl (C=O) groups excluding carboxylic acids is 6. The maximum atomic E-state index is 14.3. The van der Waals surface area contributed by atoms with Crippen molar-refractivity contribution in [1.82, 2.24) is 19.7 Å². The van der Waals surface area contributed by atoms with Crippen LogP contribution in [0.4, 0.5) is 5.69 Å². The number of hydrogen-bond donors (Lipinski definition) is 5. The number of hydrogen-bond acceptors (Lipinski definition) is 15. The minimum absolute atomic E-state index is 0.0153. The van der Waals surface area contributed by atoms with Crippen molar-refractivity contribution in [2.45, 2.75) is 171 Å². The summed E-state index contributed by atoms with van der Waals surface area (Å²) in [5.41, 5.74) is 33.7. The van der Waals surface area contributed by atoms with E-state index in [0.29, 0.717) is 51.0 Å². The van der Waals surface area contributed by atoms with Crippen LogP contribution in [0.15, 0.2) is 91.9 Å². The number of aromatic nitrogens is 1. The highest BCUT2D eigenvalue weighted by molar-refractivity contribution is 6.00. The number of azide groups is 1. The Balaban J connectivity index is 0.927. The van der Waals surface area contributed by atoms with Crippen molar-refractivity contribution in [2.24, 2.45) is 29.4 Å². The number of ketones is 2. The summed E-state index contributed by atoms with van der Waals surface area (Å²) in [7, 11) is 3.00. The molecule has 22 nitrogen and oxygen atoms in total. The van der Waals surface area contributed by atoms with E-state index in [2.05, 4.69) is 69.2 Å².